The molecule has 0 aliphatic rings. The minimum Gasteiger partial charge on any atom is -0.480 e. The molecular formula is C7H9NO2. The van der Waals surface area contributed by atoms with E-state index in [0.29, 0.717) is 0 Å². The Morgan fingerprint density at radius 1 is 1.80 bits per heavy atom. The molecule has 0 aromatic carbocycles. The standard InChI is InChI=1S/C7H9NO2/c1-3-5-8(4-2)6-7(9)10/h4-5H,1-2,6H2,(H,9,10). The second-order valence-electron chi connectivity index (χ2n) is 1.58. The lowest BCUT2D eigenvalue weighted by atomic mass is 10.5. The zero-order valence-corrected chi connectivity index (χ0v) is 5.58. The molecule has 0 bridgehead atoms. The Morgan fingerprint density at radius 2 is 2.40 bits per heavy atom. The highest BCUT2D eigenvalue weighted by atomic mass is 16.4. The molecule has 0 aliphatic carbocycles. The van der Waals surface area contributed by atoms with Gasteiger partial charge in [0, 0.05) is 6.20 Å². The van der Waals surface area contributed by atoms with Gasteiger partial charge in [-0.15, -0.1) is 5.73 Å². The number of rotatable bonds is 4. The molecule has 54 valence electrons. The SMILES string of the molecule is C=C=CN(C=C)CC(=O)O. The second-order valence-corrected chi connectivity index (χ2v) is 1.58. The van der Waals surface area contributed by atoms with Gasteiger partial charge in [0.25, 0.3) is 0 Å². The first kappa shape index (κ1) is 8.53. The first-order valence-electron chi connectivity index (χ1n) is 2.66. The van der Waals surface area contributed by atoms with E-state index in [9.17, 15) is 4.79 Å². The van der Waals surface area contributed by atoms with Gasteiger partial charge in [0.1, 0.15) is 6.54 Å². The van der Waals surface area contributed by atoms with Crippen LogP contribution in [0.1, 0.15) is 0 Å². The van der Waals surface area contributed by atoms with Crippen LogP contribution < -0.4 is 0 Å². The number of hydrogen-bond acceptors (Lipinski definition) is 2. The van der Waals surface area contributed by atoms with Gasteiger partial charge in [0.2, 0.25) is 0 Å². The van der Waals surface area contributed by atoms with Crippen molar-refractivity contribution in [3.05, 3.63) is 31.3 Å². The van der Waals surface area contributed by atoms with Crippen LogP contribution in [0.15, 0.2) is 31.3 Å². The van der Waals surface area contributed by atoms with E-state index < -0.39 is 5.97 Å². The summed E-state index contributed by atoms with van der Waals surface area (Å²) in [5, 5.41) is 8.28. The average Bonchev–Trinajstić information content (AvgIpc) is 1.86. The largest absolute Gasteiger partial charge is 0.480 e. The van der Waals surface area contributed by atoms with Gasteiger partial charge in [-0.05, 0) is 6.20 Å². The summed E-state index contributed by atoms with van der Waals surface area (Å²) >= 11 is 0. The van der Waals surface area contributed by atoms with Gasteiger partial charge in [-0.1, -0.05) is 13.2 Å². The van der Waals surface area contributed by atoms with Crippen molar-refractivity contribution < 1.29 is 9.90 Å². The van der Waals surface area contributed by atoms with E-state index in [0.717, 1.165) is 0 Å². The molecule has 0 heterocycles. The number of hydrogen-bond donors (Lipinski definition) is 1. The van der Waals surface area contributed by atoms with Gasteiger partial charge in [0.05, 0.1) is 0 Å². The number of aliphatic carboxylic acids is 1. The maximum absolute atomic E-state index is 10.1. The summed E-state index contributed by atoms with van der Waals surface area (Å²) in [6.07, 6.45) is 2.81. The molecule has 1 N–H and O–H groups in total. The fourth-order valence-corrected chi connectivity index (χ4v) is 0.436. The zero-order valence-electron chi connectivity index (χ0n) is 5.58. The topological polar surface area (TPSA) is 40.5 Å². The number of carbonyl (C=O) groups is 1. The molecule has 3 heteroatoms. The molecule has 0 unspecified atom stereocenters. The Kier molecular flexibility index (Phi) is 3.76. The van der Waals surface area contributed by atoms with Crippen molar-refractivity contribution in [2.24, 2.45) is 0 Å². The summed E-state index contributed by atoms with van der Waals surface area (Å²) in [4.78, 5) is 11.5. The van der Waals surface area contributed by atoms with Crippen LogP contribution in [0.5, 0.6) is 0 Å². The van der Waals surface area contributed by atoms with E-state index in [1.54, 1.807) is 0 Å². The van der Waals surface area contributed by atoms with Crippen LogP contribution in [0.2, 0.25) is 0 Å². The van der Waals surface area contributed by atoms with E-state index in [-0.39, 0.29) is 6.54 Å². The van der Waals surface area contributed by atoms with Crippen molar-refractivity contribution in [2.45, 2.75) is 0 Å². The Bertz CT molecular complexity index is 180. The molecule has 0 rings (SSSR count). The fourth-order valence-electron chi connectivity index (χ4n) is 0.436. The molecule has 0 aromatic rings. The molecule has 0 aromatic heterocycles. The van der Waals surface area contributed by atoms with E-state index in [4.69, 9.17) is 5.11 Å². The molecule has 0 amide bonds. The highest BCUT2D eigenvalue weighted by Gasteiger charge is 1.98. The number of nitrogens with zero attached hydrogens (tertiary/aromatic N) is 1. The number of carboxylic acid groups (broad SMARTS) is 1. The summed E-state index contributed by atoms with van der Waals surface area (Å²) in [6.45, 7) is 6.58. The summed E-state index contributed by atoms with van der Waals surface area (Å²) < 4.78 is 0. The molecule has 0 saturated heterocycles. The third kappa shape index (κ3) is 3.52. The van der Waals surface area contributed by atoms with Crippen LogP contribution in [0, 0.1) is 0 Å². The summed E-state index contributed by atoms with van der Waals surface area (Å²) in [5.41, 5.74) is 2.44. The Hall–Kier alpha value is -1.47. The molecule has 0 radical (unpaired) electrons. The molecule has 3 nitrogen and oxygen atoms in total. The van der Waals surface area contributed by atoms with Crippen molar-refractivity contribution in [3.63, 3.8) is 0 Å². The lowest BCUT2D eigenvalue weighted by Gasteiger charge is -2.08. The van der Waals surface area contributed by atoms with Crippen molar-refractivity contribution in [2.75, 3.05) is 6.54 Å². The molecule has 0 atom stereocenters. The van der Waals surface area contributed by atoms with Crippen LogP contribution >= 0.6 is 0 Å². The highest BCUT2D eigenvalue weighted by Crippen LogP contribution is 1.87. The summed E-state index contributed by atoms with van der Waals surface area (Å²) in [6, 6.07) is 0. The van der Waals surface area contributed by atoms with Gasteiger partial charge >= 0.3 is 5.97 Å². The third-order valence-electron chi connectivity index (χ3n) is 0.809. The molecule has 0 saturated carbocycles. The maximum Gasteiger partial charge on any atom is 0.323 e. The van der Waals surface area contributed by atoms with Crippen LogP contribution in [0.3, 0.4) is 0 Å². The number of carboxylic acids is 1. The van der Waals surface area contributed by atoms with Gasteiger partial charge < -0.3 is 10.0 Å². The second kappa shape index (κ2) is 4.41. The average molecular weight is 139 g/mol. The van der Waals surface area contributed by atoms with Gasteiger partial charge in [-0.3, -0.25) is 4.79 Å². The van der Waals surface area contributed by atoms with Crippen LogP contribution in [0.25, 0.3) is 0 Å². The molecule has 10 heavy (non-hydrogen) atoms. The smallest absolute Gasteiger partial charge is 0.323 e. The van der Waals surface area contributed by atoms with Crippen molar-refractivity contribution in [1.29, 1.82) is 0 Å². The van der Waals surface area contributed by atoms with Crippen molar-refractivity contribution >= 4 is 5.97 Å². The predicted molar refractivity (Wildman–Crippen MR) is 38.2 cm³/mol. The molecule has 0 fully saturated rings. The zero-order chi connectivity index (χ0) is 7.98. The third-order valence-corrected chi connectivity index (χ3v) is 0.809. The molecular weight excluding hydrogens is 130 g/mol. The minimum atomic E-state index is -0.911. The van der Waals surface area contributed by atoms with Crippen LogP contribution in [0.4, 0.5) is 0 Å². The maximum atomic E-state index is 10.1. The normalized spacial score (nSPS) is 7.60. The lowest BCUT2D eigenvalue weighted by molar-refractivity contribution is -0.137. The predicted octanol–water partition coefficient (Wildman–Crippen LogP) is 0.815. The highest BCUT2D eigenvalue weighted by molar-refractivity contribution is 5.69. The van der Waals surface area contributed by atoms with E-state index >= 15 is 0 Å². The van der Waals surface area contributed by atoms with Gasteiger partial charge in [-0.2, -0.15) is 0 Å². The van der Waals surface area contributed by atoms with Crippen LogP contribution in [-0.4, -0.2) is 22.5 Å². The first-order chi connectivity index (χ1) is 4.70. The van der Waals surface area contributed by atoms with Crippen molar-refractivity contribution in [1.82, 2.24) is 4.90 Å². The van der Waals surface area contributed by atoms with E-state index in [2.05, 4.69) is 18.9 Å². The van der Waals surface area contributed by atoms with E-state index in [1.807, 2.05) is 0 Å². The minimum absolute atomic E-state index is 0.105. The Balaban J connectivity index is 3.95. The van der Waals surface area contributed by atoms with Crippen LogP contribution in [-0.2, 0) is 4.79 Å². The molecule has 0 aliphatic heterocycles. The lowest BCUT2D eigenvalue weighted by Crippen LogP contribution is -2.18. The van der Waals surface area contributed by atoms with Crippen molar-refractivity contribution in [3.8, 4) is 0 Å². The quantitative estimate of drug-likeness (QED) is 0.586. The first-order valence-corrected chi connectivity index (χ1v) is 2.66. The monoisotopic (exact) mass is 139 g/mol. The Labute approximate surface area is 59.6 Å². The molecule has 0 spiro atoms. The van der Waals surface area contributed by atoms with Gasteiger partial charge in [-0.25, -0.2) is 0 Å². The Morgan fingerprint density at radius 3 is 2.70 bits per heavy atom. The fraction of sp³-hybridized carbons (Fsp3) is 0.143. The van der Waals surface area contributed by atoms with Gasteiger partial charge in [0.15, 0.2) is 0 Å². The summed E-state index contributed by atoms with van der Waals surface area (Å²) in [7, 11) is 0. The summed E-state index contributed by atoms with van der Waals surface area (Å²) in [5.74, 6) is -0.911. The van der Waals surface area contributed by atoms with E-state index in [1.165, 1.54) is 17.3 Å².